The highest BCUT2D eigenvalue weighted by Crippen LogP contribution is 2.32. The minimum absolute atomic E-state index is 0.0218. The number of hydrogen-bond acceptors (Lipinski definition) is 4. The fraction of sp³-hybridized carbons (Fsp3) is 0.278. The molecule has 0 aromatic heterocycles. The smallest absolute Gasteiger partial charge is 0.255 e. The Morgan fingerprint density at radius 1 is 1.15 bits per heavy atom. The quantitative estimate of drug-likeness (QED) is 0.752. The summed E-state index contributed by atoms with van der Waals surface area (Å²) in [5.41, 5.74) is -0.0499. The van der Waals surface area contributed by atoms with Crippen molar-refractivity contribution in [1.29, 1.82) is 0 Å². The van der Waals surface area contributed by atoms with E-state index < -0.39 is 27.6 Å². The lowest BCUT2D eigenvalue weighted by atomic mass is 10.2. The molecule has 6 nitrogen and oxygen atoms in total. The topological polar surface area (TPSA) is 86.7 Å². The third-order valence-electron chi connectivity index (χ3n) is 4.10. The molecule has 144 valence electrons. The maximum Gasteiger partial charge on any atom is 0.255 e. The molecule has 1 aliphatic rings. The largest absolute Gasteiger partial charge is 0.395 e. The van der Waals surface area contributed by atoms with Gasteiger partial charge in [-0.3, -0.25) is 4.79 Å². The van der Waals surface area contributed by atoms with Gasteiger partial charge in [-0.05, 0) is 43.2 Å². The number of carbonyl (C=O) groups excluding carboxylic acids is 1. The van der Waals surface area contributed by atoms with Crippen LogP contribution < -0.4 is 5.32 Å². The van der Waals surface area contributed by atoms with Gasteiger partial charge in [0.05, 0.1) is 11.5 Å². The van der Waals surface area contributed by atoms with Crippen LogP contribution in [0.4, 0.5) is 14.5 Å². The molecule has 2 aromatic rings. The van der Waals surface area contributed by atoms with E-state index in [4.69, 9.17) is 5.11 Å². The van der Waals surface area contributed by atoms with Crippen LogP contribution >= 0.6 is 0 Å². The minimum Gasteiger partial charge on any atom is -0.395 e. The minimum atomic E-state index is -3.87. The van der Waals surface area contributed by atoms with Crippen molar-refractivity contribution in [2.24, 2.45) is 0 Å². The standard InChI is InChI=1S/C18H18F2N2O4S/c19-13-9-14(20)11-15(10-13)21-18(24)12-2-1-3-17(8-12)27(25,26)22(6-7-23)16-4-5-16/h1-3,8-11,16,23H,4-7H2,(H,21,24). The third-order valence-corrected chi connectivity index (χ3v) is 6.05. The summed E-state index contributed by atoms with van der Waals surface area (Å²) >= 11 is 0. The summed E-state index contributed by atoms with van der Waals surface area (Å²) in [7, 11) is -3.87. The van der Waals surface area contributed by atoms with Gasteiger partial charge in [0.1, 0.15) is 11.6 Å². The zero-order valence-electron chi connectivity index (χ0n) is 14.2. The van der Waals surface area contributed by atoms with Gasteiger partial charge < -0.3 is 10.4 Å². The van der Waals surface area contributed by atoms with Crippen molar-refractivity contribution < 1.29 is 27.1 Å². The Bertz CT molecular complexity index is 941. The molecule has 2 N–H and O–H groups in total. The van der Waals surface area contributed by atoms with Crippen LogP contribution in [0.2, 0.25) is 0 Å². The van der Waals surface area contributed by atoms with E-state index in [-0.39, 0.29) is 35.3 Å². The van der Waals surface area contributed by atoms with E-state index in [1.807, 2.05) is 0 Å². The fourth-order valence-electron chi connectivity index (χ4n) is 2.72. The Balaban J connectivity index is 1.85. The predicted octanol–water partition coefficient (Wildman–Crippen LogP) is 2.36. The average molecular weight is 396 g/mol. The molecule has 27 heavy (non-hydrogen) atoms. The van der Waals surface area contributed by atoms with Crippen LogP contribution in [-0.4, -0.2) is 42.9 Å². The maximum absolute atomic E-state index is 13.2. The number of sulfonamides is 1. The SMILES string of the molecule is O=C(Nc1cc(F)cc(F)c1)c1cccc(S(=O)(=O)N(CCO)C2CC2)c1. The van der Waals surface area contributed by atoms with E-state index in [0.717, 1.165) is 25.0 Å². The Morgan fingerprint density at radius 3 is 2.41 bits per heavy atom. The lowest BCUT2D eigenvalue weighted by molar-refractivity contribution is 0.102. The van der Waals surface area contributed by atoms with Crippen LogP contribution in [0.1, 0.15) is 23.2 Å². The van der Waals surface area contributed by atoms with Crippen LogP contribution in [0, 0.1) is 11.6 Å². The van der Waals surface area contributed by atoms with Gasteiger partial charge in [0, 0.05) is 29.9 Å². The van der Waals surface area contributed by atoms with Gasteiger partial charge in [-0.2, -0.15) is 4.31 Å². The summed E-state index contributed by atoms with van der Waals surface area (Å²) in [6, 6.07) is 7.82. The fourth-order valence-corrected chi connectivity index (χ4v) is 4.45. The van der Waals surface area contributed by atoms with Crippen molar-refractivity contribution >= 4 is 21.6 Å². The lowest BCUT2D eigenvalue weighted by Crippen LogP contribution is -2.35. The molecule has 0 bridgehead atoms. The van der Waals surface area contributed by atoms with Gasteiger partial charge in [0.2, 0.25) is 10.0 Å². The molecule has 0 aliphatic heterocycles. The first-order valence-electron chi connectivity index (χ1n) is 8.31. The van der Waals surface area contributed by atoms with Gasteiger partial charge >= 0.3 is 0 Å². The van der Waals surface area contributed by atoms with E-state index in [9.17, 15) is 22.0 Å². The Kier molecular flexibility index (Phi) is 5.54. The van der Waals surface area contributed by atoms with Crippen molar-refractivity contribution in [3.63, 3.8) is 0 Å². The molecule has 3 rings (SSSR count). The van der Waals surface area contributed by atoms with Crippen LogP contribution in [0.15, 0.2) is 47.4 Å². The number of anilines is 1. The summed E-state index contributed by atoms with van der Waals surface area (Å²) in [5.74, 6) is -2.38. The molecule has 0 heterocycles. The second kappa shape index (κ2) is 7.71. The number of rotatable bonds is 7. The number of nitrogens with one attached hydrogen (secondary N) is 1. The van der Waals surface area contributed by atoms with Crippen molar-refractivity contribution in [2.75, 3.05) is 18.5 Å². The third kappa shape index (κ3) is 4.49. The highest BCUT2D eigenvalue weighted by molar-refractivity contribution is 7.89. The zero-order chi connectivity index (χ0) is 19.6. The summed E-state index contributed by atoms with van der Waals surface area (Å²) < 4.78 is 53.3. The number of nitrogens with zero attached hydrogens (tertiary/aromatic N) is 1. The Labute approximate surface area is 155 Å². The normalized spacial score (nSPS) is 14.4. The average Bonchev–Trinajstić information content (AvgIpc) is 3.43. The lowest BCUT2D eigenvalue weighted by Gasteiger charge is -2.21. The van der Waals surface area contributed by atoms with Crippen LogP contribution in [0.5, 0.6) is 0 Å². The summed E-state index contributed by atoms with van der Waals surface area (Å²) in [5, 5.41) is 11.5. The second-order valence-electron chi connectivity index (χ2n) is 6.21. The molecular formula is C18H18F2N2O4S. The highest BCUT2D eigenvalue weighted by Gasteiger charge is 2.37. The first-order chi connectivity index (χ1) is 12.8. The molecule has 0 atom stereocenters. The number of aliphatic hydroxyl groups excluding tert-OH is 1. The summed E-state index contributed by atoms with van der Waals surface area (Å²) in [6.45, 7) is -0.326. The molecule has 1 aliphatic carbocycles. The Morgan fingerprint density at radius 2 is 1.81 bits per heavy atom. The van der Waals surface area contributed by atoms with Crippen molar-refractivity contribution in [1.82, 2.24) is 4.31 Å². The highest BCUT2D eigenvalue weighted by atomic mass is 32.2. The zero-order valence-corrected chi connectivity index (χ0v) is 15.0. The van der Waals surface area contributed by atoms with Gasteiger partial charge in [0.15, 0.2) is 0 Å². The number of halogens is 2. The molecule has 2 aromatic carbocycles. The van der Waals surface area contributed by atoms with Gasteiger partial charge in [-0.25, -0.2) is 17.2 Å². The van der Waals surface area contributed by atoms with Crippen LogP contribution in [0.3, 0.4) is 0 Å². The van der Waals surface area contributed by atoms with E-state index in [1.54, 1.807) is 0 Å². The first kappa shape index (κ1) is 19.4. The molecule has 0 unspecified atom stereocenters. The number of hydrogen-bond donors (Lipinski definition) is 2. The molecule has 0 saturated heterocycles. The summed E-state index contributed by atoms with van der Waals surface area (Å²) in [4.78, 5) is 12.3. The molecule has 9 heteroatoms. The second-order valence-corrected chi connectivity index (χ2v) is 8.10. The van der Waals surface area contributed by atoms with E-state index in [1.165, 1.54) is 28.6 Å². The molecule has 1 saturated carbocycles. The predicted molar refractivity (Wildman–Crippen MR) is 94.8 cm³/mol. The Hall–Kier alpha value is -2.36. The molecule has 1 fully saturated rings. The van der Waals surface area contributed by atoms with Crippen molar-refractivity contribution in [2.45, 2.75) is 23.8 Å². The van der Waals surface area contributed by atoms with E-state index >= 15 is 0 Å². The van der Waals surface area contributed by atoms with E-state index in [0.29, 0.717) is 6.07 Å². The van der Waals surface area contributed by atoms with E-state index in [2.05, 4.69) is 5.32 Å². The van der Waals surface area contributed by atoms with Gasteiger partial charge in [-0.1, -0.05) is 6.07 Å². The molecule has 0 spiro atoms. The van der Waals surface area contributed by atoms with Crippen molar-refractivity contribution in [3.8, 4) is 0 Å². The maximum atomic E-state index is 13.2. The van der Waals surface area contributed by atoms with Crippen LogP contribution in [0.25, 0.3) is 0 Å². The van der Waals surface area contributed by atoms with Gasteiger partial charge in [0.25, 0.3) is 5.91 Å². The number of amides is 1. The number of aliphatic hydroxyl groups is 1. The van der Waals surface area contributed by atoms with Gasteiger partial charge in [-0.15, -0.1) is 0 Å². The molecule has 0 radical (unpaired) electrons. The monoisotopic (exact) mass is 396 g/mol. The van der Waals surface area contributed by atoms with Crippen molar-refractivity contribution in [3.05, 3.63) is 59.7 Å². The summed E-state index contributed by atoms with van der Waals surface area (Å²) in [6.07, 6.45) is 1.45. The molecular weight excluding hydrogens is 378 g/mol. The van der Waals surface area contributed by atoms with Crippen LogP contribution in [-0.2, 0) is 10.0 Å². The molecule has 1 amide bonds. The first-order valence-corrected chi connectivity index (χ1v) is 9.75. The number of benzene rings is 2. The number of carbonyl (C=O) groups is 1.